The van der Waals surface area contributed by atoms with Crippen LogP contribution in [0, 0.1) is 11.7 Å². The van der Waals surface area contributed by atoms with Gasteiger partial charge < -0.3 is 9.53 Å². The Morgan fingerprint density at radius 1 is 1.53 bits per heavy atom. The number of carbonyl (C=O) groups excluding carboxylic acids is 1. The highest BCUT2D eigenvalue weighted by molar-refractivity contribution is 5.54. The number of rotatable bonds is 5. The molecule has 0 saturated heterocycles. The number of hydrogen-bond acceptors (Lipinski definition) is 2. The van der Waals surface area contributed by atoms with E-state index < -0.39 is 0 Å². The van der Waals surface area contributed by atoms with E-state index in [9.17, 15) is 9.18 Å². The highest BCUT2D eigenvalue weighted by Crippen LogP contribution is 2.20. The van der Waals surface area contributed by atoms with E-state index in [2.05, 4.69) is 0 Å². The van der Waals surface area contributed by atoms with Crippen LogP contribution in [0.5, 0.6) is 5.75 Å². The van der Waals surface area contributed by atoms with Crippen LogP contribution in [-0.2, 0) is 11.2 Å². The third-order valence-electron chi connectivity index (χ3n) is 2.43. The van der Waals surface area contributed by atoms with Crippen LogP contribution in [-0.4, -0.2) is 13.4 Å². The van der Waals surface area contributed by atoms with E-state index in [4.69, 9.17) is 4.74 Å². The normalized spacial score (nSPS) is 12.2. The molecule has 0 bridgehead atoms. The van der Waals surface area contributed by atoms with Gasteiger partial charge >= 0.3 is 0 Å². The number of methoxy groups -OCH3 is 1. The van der Waals surface area contributed by atoms with Gasteiger partial charge in [-0.2, -0.15) is 0 Å². The van der Waals surface area contributed by atoms with Crippen LogP contribution in [0.3, 0.4) is 0 Å². The van der Waals surface area contributed by atoms with Crippen molar-refractivity contribution in [3.8, 4) is 5.75 Å². The average molecular weight is 210 g/mol. The van der Waals surface area contributed by atoms with Gasteiger partial charge in [-0.1, -0.05) is 13.0 Å². The van der Waals surface area contributed by atoms with Crippen LogP contribution in [0.15, 0.2) is 18.2 Å². The van der Waals surface area contributed by atoms with Crippen molar-refractivity contribution in [2.45, 2.75) is 19.8 Å². The molecule has 0 aromatic heterocycles. The largest absolute Gasteiger partial charge is 0.494 e. The summed E-state index contributed by atoms with van der Waals surface area (Å²) in [6, 6.07) is 4.69. The summed E-state index contributed by atoms with van der Waals surface area (Å²) in [4.78, 5) is 10.7. The van der Waals surface area contributed by atoms with E-state index in [0.29, 0.717) is 6.42 Å². The zero-order valence-electron chi connectivity index (χ0n) is 9.00. The minimum absolute atomic E-state index is 0.000155. The van der Waals surface area contributed by atoms with E-state index in [1.807, 2.05) is 6.92 Å². The standard InChI is InChI=1S/C12H15FO2/c1-3-9(8-14)6-10-4-5-11(13)12(7-10)15-2/h4-5,7-9H,3,6H2,1-2H3. The van der Waals surface area contributed by atoms with E-state index in [1.54, 1.807) is 12.1 Å². The lowest BCUT2D eigenvalue weighted by Crippen LogP contribution is -2.04. The summed E-state index contributed by atoms with van der Waals surface area (Å²) in [5.74, 6) is -0.145. The van der Waals surface area contributed by atoms with Gasteiger partial charge in [-0.15, -0.1) is 0 Å². The van der Waals surface area contributed by atoms with Crippen molar-refractivity contribution >= 4 is 6.29 Å². The van der Waals surface area contributed by atoms with E-state index in [0.717, 1.165) is 18.3 Å². The second kappa shape index (κ2) is 5.49. The summed E-state index contributed by atoms with van der Waals surface area (Å²) in [5, 5.41) is 0. The molecule has 0 radical (unpaired) electrons. The Morgan fingerprint density at radius 2 is 2.27 bits per heavy atom. The van der Waals surface area contributed by atoms with Crippen LogP contribution in [0.1, 0.15) is 18.9 Å². The van der Waals surface area contributed by atoms with Crippen molar-refractivity contribution in [2.75, 3.05) is 7.11 Å². The Hall–Kier alpha value is -1.38. The van der Waals surface area contributed by atoms with Crippen molar-refractivity contribution in [2.24, 2.45) is 5.92 Å². The van der Waals surface area contributed by atoms with E-state index >= 15 is 0 Å². The molecule has 0 aliphatic carbocycles. The second-order valence-electron chi connectivity index (χ2n) is 3.48. The number of aldehydes is 1. The first kappa shape index (κ1) is 11.7. The van der Waals surface area contributed by atoms with Crippen molar-refractivity contribution in [1.29, 1.82) is 0 Å². The minimum atomic E-state index is -0.375. The molecule has 0 aliphatic heterocycles. The SMILES string of the molecule is CCC(C=O)Cc1ccc(F)c(OC)c1. The van der Waals surface area contributed by atoms with Gasteiger partial charge in [-0.05, 0) is 30.5 Å². The molecule has 0 saturated carbocycles. The maximum absolute atomic E-state index is 13.1. The molecule has 2 nitrogen and oxygen atoms in total. The fourth-order valence-corrected chi connectivity index (χ4v) is 1.42. The summed E-state index contributed by atoms with van der Waals surface area (Å²) in [6.45, 7) is 1.96. The van der Waals surface area contributed by atoms with Crippen LogP contribution < -0.4 is 4.74 Å². The lowest BCUT2D eigenvalue weighted by atomic mass is 9.98. The molecule has 0 amide bonds. The van der Waals surface area contributed by atoms with E-state index in [-0.39, 0.29) is 17.5 Å². The fraction of sp³-hybridized carbons (Fsp3) is 0.417. The molecule has 0 heterocycles. The molecule has 1 aromatic rings. The molecular formula is C12H15FO2. The molecule has 15 heavy (non-hydrogen) atoms. The van der Waals surface area contributed by atoms with Gasteiger partial charge in [0.05, 0.1) is 7.11 Å². The molecule has 1 rings (SSSR count). The van der Waals surface area contributed by atoms with Gasteiger partial charge in [0.1, 0.15) is 6.29 Å². The van der Waals surface area contributed by atoms with Gasteiger partial charge in [0.15, 0.2) is 11.6 Å². The molecule has 1 aromatic carbocycles. The van der Waals surface area contributed by atoms with Crippen molar-refractivity contribution in [3.05, 3.63) is 29.6 Å². The summed E-state index contributed by atoms with van der Waals surface area (Å²) in [7, 11) is 1.43. The van der Waals surface area contributed by atoms with Gasteiger partial charge in [0.25, 0.3) is 0 Å². The zero-order chi connectivity index (χ0) is 11.3. The first-order chi connectivity index (χ1) is 7.21. The summed E-state index contributed by atoms with van der Waals surface area (Å²) >= 11 is 0. The second-order valence-corrected chi connectivity index (χ2v) is 3.48. The van der Waals surface area contributed by atoms with Crippen molar-refractivity contribution in [1.82, 2.24) is 0 Å². The summed E-state index contributed by atoms with van der Waals surface area (Å²) < 4.78 is 17.9. The fourth-order valence-electron chi connectivity index (χ4n) is 1.42. The number of benzene rings is 1. The van der Waals surface area contributed by atoms with Crippen molar-refractivity contribution < 1.29 is 13.9 Å². The van der Waals surface area contributed by atoms with Crippen molar-refractivity contribution in [3.63, 3.8) is 0 Å². The van der Waals surface area contributed by atoms with Gasteiger partial charge in [-0.3, -0.25) is 0 Å². The monoisotopic (exact) mass is 210 g/mol. The minimum Gasteiger partial charge on any atom is -0.494 e. The van der Waals surface area contributed by atoms with Crippen LogP contribution in [0.2, 0.25) is 0 Å². The maximum Gasteiger partial charge on any atom is 0.165 e. The first-order valence-electron chi connectivity index (χ1n) is 4.99. The molecule has 3 heteroatoms. The Kier molecular flexibility index (Phi) is 4.28. The van der Waals surface area contributed by atoms with Gasteiger partial charge in [0, 0.05) is 5.92 Å². The van der Waals surface area contributed by atoms with Gasteiger partial charge in [-0.25, -0.2) is 4.39 Å². The maximum atomic E-state index is 13.1. The number of halogens is 1. The zero-order valence-corrected chi connectivity index (χ0v) is 9.00. The Morgan fingerprint density at radius 3 is 2.80 bits per heavy atom. The van der Waals surface area contributed by atoms with Crippen LogP contribution in [0.25, 0.3) is 0 Å². The van der Waals surface area contributed by atoms with Crippen LogP contribution in [0.4, 0.5) is 4.39 Å². The smallest absolute Gasteiger partial charge is 0.165 e. The third kappa shape index (κ3) is 3.05. The van der Waals surface area contributed by atoms with Gasteiger partial charge in [0.2, 0.25) is 0 Å². The lowest BCUT2D eigenvalue weighted by molar-refractivity contribution is -0.111. The predicted octanol–water partition coefficient (Wildman–Crippen LogP) is 2.60. The number of hydrogen-bond donors (Lipinski definition) is 0. The quantitative estimate of drug-likeness (QED) is 0.698. The molecular weight excluding hydrogens is 195 g/mol. The summed E-state index contributed by atoms with van der Waals surface area (Å²) in [5.41, 5.74) is 0.923. The molecule has 82 valence electrons. The average Bonchev–Trinajstić information content (AvgIpc) is 2.28. The molecule has 1 atom stereocenters. The predicted molar refractivity (Wildman–Crippen MR) is 56.5 cm³/mol. The van der Waals surface area contributed by atoms with E-state index in [1.165, 1.54) is 13.2 Å². The number of carbonyl (C=O) groups is 1. The molecule has 0 fully saturated rings. The molecule has 0 spiro atoms. The molecule has 0 N–H and O–H groups in total. The Balaban J connectivity index is 2.81. The highest BCUT2D eigenvalue weighted by atomic mass is 19.1. The first-order valence-corrected chi connectivity index (χ1v) is 4.99. The molecule has 1 unspecified atom stereocenters. The van der Waals surface area contributed by atoms with Crippen LogP contribution >= 0.6 is 0 Å². The highest BCUT2D eigenvalue weighted by Gasteiger charge is 2.08. The third-order valence-corrected chi connectivity index (χ3v) is 2.43. The topological polar surface area (TPSA) is 26.3 Å². The molecule has 0 aliphatic rings. The summed E-state index contributed by atoms with van der Waals surface area (Å²) in [6.07, 6.45) is 2.37. The Bertz CT molecular complexity index is 336. The number of ether oxygens (including phenoxy) is 1. The lowest BCUT2D eigenvalue weighted by Gasteiger charge is -2.09. The Labute approximate surface area is 89.1 Å².